The fourth-order valence-electron chi connectivity index (χ4n) is 3.51. The Kier molecular flexibility index (Phi) is 6.60. The number of nitrogens with two attached hydrogens (primary N) is 1. The van der Waals surface area contributed by atoms with Gasteiger partial charge in [-0.25, -0.2) is 0 Å². The number of primary amides is 1. The Morgan fingerprint density at radius 2 is 1.82 bits per heavy atom. The normalized spacial score (nSPS) is 10.9. The zero-order valence-electron chi connectivity index (χ0n) is 18.2. The minimum atomic E-state index is -0.481. The lowest BCUT2D eigenvalue weighted by Gasteiger charge is -2.09. The van der Waals surface area contributed by atoms with Gasteiger partial charge in [-0.3, -0.25) is 14.4 Å². The Hall–Kier alpha value is -3.85. The molecule has 0 aliphatic rings. The Morgan fingerprint density at radius 3 is 2.55 bits per heavy atom. The van der Waals surface area contributed by atoms with Gasteiger partial charge in [0.1, 0.15) is 11.5 Å². The number of amides is 2. The molecule has 0 unspecified atom stereocenters. The molecule has 3 N–H and O–H groups in total. The summed E-state index contributed by atoms with van der Waals surface area (Å²) in [5.41, 5.74) is 8.75. The highest BCUT2D eigenvalue weighted by atomic mass is 32.1. The summed E-state index contributed by atoms with van der Waals surface area (Å²) in [4.78, 5) is 36.4. The van der Waals surface area contributed by atoms with Crippen LogP contribution in [0.25, 0.3) is 21.9 Å². The molecule has 2 heterocycles. The van der Waals surface area contributed by atoms with E-state index >= 15 is 0 Å². The SMILES string of the molecule is Cc1ccc(-c2cs[n+](Cn3nc(CC(=O)NCCC(N)=O)c4ccccc4c3=O)c2)cc1. The summed E-state index contributed by atoms with van der Waals surface area (Å²) in [7, 11) is 0. The van der Waals surface area contributed by atoms with Gasteiger partial charge in [0.05, 0.1) is 28.4 Å². The van der Waals surface area contributed by atoms with E-state index in [0.29, 0.717) is 16.5 Å². The third kappa shape index (κ3) is 5.32. The molecule has 0 saturated heterocycles. The Bertz CT molecular complexity index is 1380. The first-order chi connectivity index (χ1) is 15.9. The van der Waals surface area contributed by atoms with E-state index in [2.05, 4.69) is 34.7 Å². The number of hydrogen-bond donors (Lipinski definition) is 2. The average Bonchev–Trinajstić information content (AvgIpc) is 3.26. The maximum absolute atomic E-state index is 13.1. The summed E-state index contributed by atoms with van der Waals surface area (Å²) >= 11 is 1.48. The number of aryl methyl sites for hydroxylation is 1. The largest absolute Gasteiger partial charge is 0.370 e. The van der Waals surface area contributed by atoms with E-state index in [9.17, 15) is 14.4 Å². The second-order valence-electron chi connectivity index (χ2n) is 7.77. The number of rotatable bonds is 8. The van der Waals surface area contributed by atoms with Crippen molar-refractivity contribution >= 4 is 34.1 Å². The number of carbonyl (C=O) groups excluding carboxylic acids is 2. The number of nitrogens with one attached hydrogen (secondary N) is 1. The third-order valence-corrected chi connectivity index (χ3v) is 6.07. The smallest absolute Gasteiger partial charge is 0.280 e. The van der Waals surface area contributed by atoms with E-state index in [1.165, 1.54) is 21.8 Å². The van der Waals surface area contributed by atoms with Gasteiger partial charge in [-0.15, -0.1) is 3.96 Å². The number of aromatic nitrogens is 3. The molecule has 0 atom stereocenters. The first-order valence-electron chi connectivity index (χ1n) is 10.5. The van der Waals surface area contributed by atoms with Gasteiger partial charge >= 0.3 is 0 Å². The molecule has 33 heavy (non-hydrogen) atoms. The van der Waals surface area contributed by atoms with Gasteiger partial charge in [-0.1, -0.05) is 48.0 Å². The van der Waals surface area contributed by atoms with Gasteiger partial charge in [-0.2, -0.15) is 9.78 Å². The van der Waals surface area contributed by atoms with E-state index in [-0.39, 0.29) is 37.5 Å². The fraction of sp³-hybridized carbons (Fsp3) is 0.208. The predicted molar refractivity (Wildman–Crippen MR) is 127 cm³/mol. The highest BCUT2D eigenvalue weighted by Crippen LogP contribution is 2.20. The zero-order chi connectivity index (χ0) is 23.4. The van der Waals surface area contributed by atoms with Crippen LogP contribution in [0.2, 0.25) is 0 Å². The Morgan fingerprint density at radius 1 is 1.09 bits per heavy atom. The van der Waals surface area contributed by atoms with E-state index in [1.807, 2.05) is 28.5 Å². The summed E-state index contributed by atoms with van der Waals surface area (Å²) in [6.07, 6.45) is 2.04. The Balaban J connectivity index is 1.61. The molecule has 4 rings (SSSR count). The van der Waals surface area contributed by atoms with E-state index in [0.717, 1.165) is 11.1 Å². The molecule has 0 saturated carbocycles. The van der Waals surface area contributed by atoms with Crippen molar-refractivity contribution in [2.24, 2.45) is 5.73 Å². The highest BCUT2D eigenvalue weighted by Gasteiger charge is 2.17. The molecule has 9 heteroatoms. The molecule has 168 valence electrons. The summed E-state index contributed by atoms with van der Waals surface area (Å²) < 4.78 is 3.30. The van der Waals surface area contributed by atoms with Crippen LogP contribution < -0.4 is 20.6 Å². The number of nitrogens with zero attached hydrogens (tertiary/aromatic N) is 3. The standard InChI is InChI=1S/C24H23N5O3S/c1-16-6-8-17(9-7-16)18-13-28(33-14-18)15-29-24(32)20-5-3-2-4-19(20)21(27-29)12-23(31)26-11-10-22(25)30/h2-9,13-14H,10-12,15H2,1H3,(H2-,25,26,30,31)/p+1. The summed E-state index contributed by atoms with van der Waals surface area (Å²) in [5, 5.41) is 10.3. The molecular weight excluding hydrogens is 438 g/mol. The summed E-state index contributed by atoms with van der Waals surface area (Å²) in [6.45, 7) is 2.44. The molecule has 2 aromatic carbocycles. The fourth-order valence-corrected chi connectivity index (χ4v) is 4.30. The number of carbonyl (C=O) groups is 2. The number of hydrogen-bond acceptors (Lipinski definition) is 5. The minimum absolute atomic E-state index is 0.0106. The quantitative estimate of drug-likeness (QED) is 0.389. The van der Waals surface area contributed by atoms with E-state index in [1.54, 1.807) is 18.2 Å². The zero-order valence-corrected chi connectivity index (χ0v) is 19.0. The van der Waals surface area contributed by atoms with Crippen molar-refractivity contribution in [1.29, 1.82) is 0 Å². The molecule has 2 amide bonds. The molecule has 0 aliphatic heterocycles. The molecule has 0 aliphatic carbocycles. The van der Waals surface area contributed by atoms with Crippen LogP contribution in [0.1, 0.15) is 17.7 Å². The van der Waals surface area contributed by atoms with Crippen LogP contribution in [0.5, 0.6) is 0 Å². The molecule has 0 radical (unpaired) electrons. The van der Waals surface area contributed by atoms with Crippen molar-refractivity contribution in [3.63, 3.8) is 0 Å². The number of benzene rings is 2. The van der Waals surface area contributed by atoms with Crippen LogP contribution in [0.15, 0.2) is 64.9 Å². The van der Waals surface area contributed by atoms with Crippen molar-refractivity contribution in [2.45, 2.75) is 26.4 Å². The van der Waals surface area contributed by atoms with E-state index in [4.69, 9.17) is 5.73 Å². The van der Waals surface area contributed by atoms with Crippen molar-refractivity contribution < 1.29 is 13.5 Å². The molecule has 4 aromatic rings. The third-order valence-electron chi connectivity index (χ3n) is 5.22. The Labute approximate surface area is 194 Å². The van der Waals surface area contributed by atoms with Gasteiger partial charge in [-0.05, 0) is 18.6 Å². The lowest BCUT2D eigenvalue weighted by Crippen LogP contribution is -2.40. The van der Waals surface area contributed by atoms with Gasteiger partial charge < -0.3 is 11.1 Å². The van der Waals surface area contributed by atoms with Crippen molar-refractivity contribution in [2.75, 3.05) is 6.54 Å². The van der Waals surface area contributed by atoms with Gasteiger partial charge in [0.15, 0.2) is 6.20 Å². The number of fused-ring (bicyclic) bond motifs is 1. The average molecular weight is 463 g/mol. The van der Waals surface area contributed by atoms with Crippen molar-refractivity contribution in [3.05, 3.63) is 81.7 Å². The molecule has 8 nitrogen and oxygen atoms in total. The second-order valence-corrected chi connectivity index (χ2v) is 8.69. The second kappa shape index (κ2) is 9.74. The van der Waals surface area contributed by atoms with E-state index < -0.39 is 5.91 Å². The minimum Gasteiger partial charge on any atom is -0.370 e. The predicted octanol–water partition coefficient (Wildman–Crippen LogP) is 1.76. The lowest BCUT2D eigenvalue weighted by molar-refractivity contribution is -0.635. The molecule has 2 aromatic heterocycles. The van der Waals surface area contributed by atoms with Crippen LogP contribution in [0.4, 0.5) is 0 Å². The van der Waals surface area contributed by atoms with Crippen LogP contribution in [0, 0.1) is 6.92 Å². The lowest BCUT2D eigenvalue weighted by atomic mass is 10.1. The maximum atomic E-state index is 13.1. The first kappa shape index (κ1) is 22.3. The highest BCUT2D eigenvalue weighted by molar-refractivity contribution is 6.99. The molecular formula is C24H24N5O3S+. The van der Waals surface area contributed by atoms with Crippen molar-refractivity contribution in [1.82, 2.24) is 15.1 Å². The topological polar surface area (TPSA) is 111 Å². The monoisotopic (exact) mass is 462 g/mol. The van der Waals surface area contributed by atoms with Gasteiger partial charge in [0, 0.05) is 18.4 Å². The first-order valence-corrected chi connectivity index (χ1v) is 11.3. The molecule has 0 fully saturated rings. The van der Waals surface area contributed by atoms with Gasteiger partial charge in [0.2, 0.25) is 11.8 Å². The van der Waals surface area contributed by atoms with Gasteiger partial charge in [0.25, 0.3) is 12.2 Å². The van der Waals surface area contributed by atoms with Crippen LogP contribution >= 0.6 is 11.5 Å². The van der Waals surface area contributed by atoms with Crippen LogP contribution in [-0.2, 0) is 22.7 Å². The molecule has 0 spiro atoms. The summed E-state index contributed by atoms with van der Waals surface area (Å²) in [6, 6.07) is 15.4. The van der Waals surface area contributed by atoms with Crippen LogP contribution in [-0.4, -0.2) is 28.1 Å². The van der Waals surface area contributed by atoms with Crippen LogP contribution in [0.3, 0.4) is 0 Å². The maximum Gasteiger partial charge on any atom is 0.280 e. The molecule has 0 bridgehead atoms. The summed E-state index contributed by atoms with van der Waals surface area (Å²) in [5.74, 6) is -0.769. The van der Waals surface area contributed by atoms with Crippen molar-refractivity contribution in [3.8, 4) is 11.1 Å².